The van der Waals surface area contributed by atoms with Crippen molar-refractivity contribution in [1.82, 2.24) is 14.5 Å². The van der Waals surface area contributed by atoms with E-state index in [2.05, 4.69) is 9.97 Å². The predicted octanol–water partition coefficient (Wildman–Crippen LogP) is 1.15. The molecule has 6 nitrogen and oxygen atoms in total. The van der Waals surface area contributed by atoms with Gasteiger partial charge in [0.1, 0.15) is 11.6 Å². The van der Waals surface area contributed by atoms with E-state index in [1.165, 1.54) is 6.07 Å². The van der Waals surface area contributed by atoms with E-state index in [0.29, 0.717) is 12.4 Å². The molecule has 94 valence electrons. The molecule has 0 aliphatic rings. The standard InChI is InChI=1S/C12H14N4O2/c1-15-7-6-13-11(15)8-16(2)10-5-3-4-9(14-10)12(17)18/h3-7H,8H2,1-2H3,(H,17,18). The number of anilines is 1. The molecule has 2 aromatic rings. The summed E-state index contributed by atoms with van der Waals surface area (Å²) in [7, 11) is 3.76. The van der Waals surface area contributed by atoms with Crippen LogP contribution in [0, 0.1) is 0 Å². The molecule has 2 heterocycles. The van der Waals surface area contributed by atoms with E-state index in [9.17, 15) is 4.79 Å². The van der Waals surface area contributed by atoms with Crippen molar-refractivity contribution < 1.29 is 9.90 Å². The third-order valence-electron chi connectivity index (χ3n) is 2.64. The van der Waals surface area contributed by atoms with Crippen molar-refractivity contribution in [2.75, 3.05) is 11.9 Å². The smallest absolute Gasteiger partial charge is 0.354 e. The van der Waals surface area contributed by atoms with Crippen molar-refractivity contribution in [3.8, 4) is 0 Å². The zero-order valence-electron chi connectivity index (χ0n) is 10.2. The van der Waals surface area contributed by atoms with Crippen LogP contribution in [0.4, 0.5) is 5.82 Å². The quantitative estimate of drug-likeness (QED) is 0.876. The van der Waals surface area contributed by atoms with Gasteiger partial charge in [0.05, 0.1) is 6.54 Å². The first-order valence-electron chi connectivity index (χ1n) is 5.45. The zero-order chi connectivity index (χ0) is 13.1. The number of nitrogens with zero attached hydrogens (tertiary/aromatic N) is 4. The van der Waals surface area contributed by atoms with Crippen LogP contribution in [0.1, 0.15) is 16.3 Å². The summed E-state index contributed by atoms with van der Waals surface area (Å²) >= 11 is 0. The van der Waals surface area contributed by atoms with Gasteiger partial charge in [0, 0.05) is 26.5 Å². The monoisotopic (exact) mass is 246 g/mol. The van der Waals surface area contributed by atoms with Crippen molar-refractivity contribution >= 4 is 11.8 Å². The average Bonchev–Trinajstić information content (AvgIpc) is 2.75. The number of aromatic nitrogens is 3. The van der Waals surface area contributed by atoms with E-state index >= 15 is 0 Å². The number of hydrogen-bond acceptors (Lipinski definition) is 4. The van der Waals surface area contributed by atoms with E-state index in [1.54, 1.807) is 18.3 Å². The highest BCUT2D eigenvalue weighted by Gasteiger charge is 2.10. The first kappa shape index (κ1) is 12.1. The molecule has 0 aliphatic carbocycles. The van der Waals surface area contributed by atoms with Crippen LogP contribution >= 0.6 is 0 Å². The molecule has 18 heavy (non-hydrogen) atoms. The number of carboxylic acid groups (broad SMARTS) is 1. The lowest BCUT2D eigenvalue weighted by Crippen LogP contribution is -2.20. The first-order chi connectivity index (χ1) is 8.58. The topological polar surface area (TPSA) is 71.2 Å². The lowest BCUT2D eigenvalue weighted by atomic mass is 10.3. The van der Waals surface area contributed by atoms with Crippen LogP contribution < -0.4 is 4.90 Å². The highest BCUT2D eigenvalue weighted by molar-refractivity contribution is 5.85. The van der Waals surface area contributed by atoms with Crippen molar-refractivity contribution in [3.63, 3.8) is 0 Å². The highest BCUT2D eigenvalue weighted by atomic mass is 16.4. The summed E-state index contributed by atoms with van der Waals surface area (Å²) in [5, 5.41) is 8.89. The molecule has 0 saturated carbocycles. The third kappa shape index (κ3) is 2.48. The largest absolute Gasteiger partial charge is 0.477 e. The Morgan fingerprint density at radius 2 is 2.28 bits per heavy atom. The maximum Gasteiger partial charge on any atom is 0.354 e. The van der Waals surface area contributed by atoms with Gasteiger partial charge < -0.3 is 14.6 Å². The molecule has 2 aromatic heterocycles. The second kappa shape index (κ2) is 4.87. The molecule has 0 saturated heterocycles. The Labute approximate surface area is 105 Å². The van der Waals surface area contributed by atoms with Gasteiger partial charge in [0.2, 0.25) is 0 Å². The number of rotatable bonds is 4. The van der Waals surface area contributed by atoms with E-state index in [4.69, 9.17) is 5.11 Å². The fraction of sp³-hybridized carbons (Fsp3) is 0.250. The molecule has 6 heteroatoms. The van der Waals surface area contributed by atoms with Crippen LogP contribution in [-0.4, -0.2) is 32.7 Å². The summed E-state index contributed by atoms with van der Waals surface area (Å²) in [5.41, 5.74) is 0.0409. The molecule has 1 N–H and O–H groups in total. The molecule has 0 radical (unpaired) electrons. The molecule has 2 rings (SSSR count). The van der Waals surface area contributed by atoms with Gasteiger partial charge in [-0.2, -0.15) is 0 Å². The van der Waals surface area contributed by atoms with Gasteiger partial charge in [0.15, 0.2) is 5.69 Å². The molecule has 0 fully saturated rings. The molecule has 0 aliphatic heterocycles. The van der Waals surface area contributed by atoms with Gasteiger partial charge in [0.25, 0.3) is 0 Å². The minimum atomic E-state index is -1.03. The summed E-state index contributed by atoms with van der Waals surface area (Å²) in [6.45, 7) is 0.569. The summed E-state index contributed by atoms with van der Waals surface area (Å²) in [5.74, 6) is 0.472. The van der Waals surface area contributed by atoms with Crippen molar-refractivity contribution in [1.29, 1.82) is 0 Å². The Hall–Kier alpha value is -2.37. The van der Waals surface area contributed by atoms with E-state index < -0.39 is 5.97 Å². The normalized spacial score (nSPS) is 10.3. The van der Waals surface area contributed by atoms with Crippen LogP contribution in [0.3, 0.4) is 0 Å². The Balaban J connectivity index is 2.18. The molecule has 0 aromatic carbocycles. The van der Waals surface area contributed by atoms with Crippen molar-refractivity contribution in [3.05, 3.63) is 42.1 Å². The maximum absolute atomic E-state index is 10.8. The first-order valence-corrected chi connectivity index (χ1v) is 5.45. The minimum Gasteiger partial charge on any atom is -0.477 e. The maximum atomic E-state index is 10.8. The van der Waals surface area contributed by atoms with Crippen LogP contribution in [0.2, 0.25) is 0 Å². The predicted molar refractivity (Wildman–Crippen MR) is 66.5 cm³/mol. The molecule has 0 spiro atoms. The molecule has 0 unspecified atom stereocenters. The summed E-state index contributed by atoms with van der Waals surface area (Å²) < 4.78 is 1.91. The number of carbonyl (C=O) groups is 1. The molecule has 0 amide bonds. The van der Waals surface area contributed by atoms with Crippen LogP contribution in [0.5, 0.6) is 0 Å². The van der Waals surface area contributed by atoms with Crippen molar-refractivity contribution in [2.24, 2.45) is 7.05 Å². The minimum absolute atomic E-state index is 0.0409. The Kier molecular flexibility index (Phi) is 3.27. The van der Waals surface area contributed by atoms with Crippen LogP contribution in [0.15, 0.2) is 30.6 Å². The summed E-state index contributed by atoms with van der Waals surface area (Å²) in [6, 6.07) is 4.93. The third-order valence-corrected chi connectivity index (χ3v) is 2.64. The number of hydrogen-bond donors (Lipinski definition) is 1. The summed E-state index contributed by atoms with van der Waals surface area (Å²) in [6.07, 6.45) is 3.59. The molecule has 0 bridgehead atoms. The Morgan fingerprint density at radius 3 is 2.89 bits per heavy atom. The molecular weight excluding hydrogens is 232 g/mol. The van der Waals surface area contributed by atoms with Crippen LogP contribution in [0.25, 0.3) is 0 Å². The fourth-order valence-corrected chi connectivity index (χ4v) is 1.60. The highest BCUT2D eigenvalue weighted by Crippen LogP contribution is 2.12. The summed E-state index contributed by atoms with van der Waals surface area (Å²) in [4.78, 5) is 21.0. The SMILES string of the molecule is CN(Cc1nccn1C)c1cccc(C(=O)O)n1. The van der Waals surface area contributed by atoms with E-state index in [1.807, 2.05) is 29.8 Å². The van der Waals surface area contributed by atoms with Gasteiger partial charge in [-0.15, -0.1) is 0 Å². The fourth-order valence-electron chi connectivity index (χ4n) is 1.60. The number of aryl methyl sites for hydroxylation is 1. The number of imidazole rings is 1. The second-order valence-corrected chi connectivity index (χ2v) is 4.00. The van der Waals surface area contributed by atoms with E-state index in [0.717, 1.165) is 5.82 Å². The second-order valence-electron chi connectivity index (χ2n) is 4.00. The van der Waals surface area contributed by atoms with Crippen LogP contribution in [-0.2, 0) is 13.6 Å². The Bertz CT molecular complexity index is 565. The zero-order valence-corrected chi connectivity index (χ0v) is 10.2. The average molecular weight is 246 g/mol. The molecule has 0 atom stereocenters. The van der Waals surface area contributed by atoms with Gasteiger partial charge in [-0.05, 0) is 12.1 Å². The Morgan fingerprint density at radius 1 is 1.50 bits per heavy atom. The lowest BCUT2D eigenvalue weighted by molar-refractivity contribution is 0.0690. The number of carboxylic acids is 1. The molecular formula is C12H14N4O2. The number of pyridine rings is 1. The van der Waals surface area contributed by atoms with E-state index in [-0.39, 0.29) is 5.69 Å². The van der Waals surface area contributed by atoms with Gasteiger partial charge in [-0.1, -0.05) is 6.07 Å². The van der Waals surface area contributed by atoms with Gasteiger partial charge in [-0.3, -0.25) is 0 Å². The van der Waals surface area contributed by atoms with Crippen molar-refractivity contribution in [2.45, 2.75) is 6.54 Å². The van der Waals surface area contributed by atoms with Gasteiger partial charge in [-0.25, -0.2) is 14.8 Å². The lowest BCUT2D eigenvalue weighted by Gasteiger charge is -2.17. The number of aromatic carboxylic acids is 1. The van der Waals surface area contributed by atoms with Gasteiger partial charge >= 0.3 is 5.97 Å².